The van der Waals surface area contributed by atoms with E-state index < -0.39 is 0 Å². The molecule has 0 bridgehead atoms. The summed E-state index contributed by atoms with van der Waals surface area (Å²) in [6.45, 7) is 11.5. The molecule has 2 aromatic heterocycles. The Bertz CT molecular complexity index is 996. The molecule has 0 saturated carbocycles. The summed E-state index contributed by atoms with van der Waals surface area (Å²) in [5, 5.41) is 8.78. The van der Waals surface area contributed by atoms with Gasteiger partial charge in [0.05, 0.1) is 0 Å². The fraction of sp³-hybridized carbons (Fsp3) is 0.450. The van der Waals surface area contributed by atoms with Crippen LogP contribution in [-0.2, 0) is 6.54 Å². The lowest BCUT2D eigenvalue weighted by atomic mass is 10.0. The van der Waals surface area contributed by atoms with E-state index in [0.29, 0.717) is 25.4 Å². The number of fused-ring (bicyclic) bond motifs is 1. The number of rotatable bonds is 3. The Morgan fingerprint density at radius 2 is 1.78 bits per heavy atom. The molecular formula is C20H24N4O3. The minimum Gasteiger partial charge on any atom is -0.450 e. The van der Waals surface area contributed by atoms with E-state index in [2.05, 4.69) is 28.2 Å². The molecular weight excluding hydrogens is 344 g/mol. The van der Waals surface area contributed by atoms with Gasteiger partial charge in [-0.25, -0.2) is 4.63 Å². The highest BCUT2D eigenvalue weighted by molar-refractivity contribution is 5.99. The monoisotopic (exact) mass is 368 g/mol. The highest BCUT2D eigenvalue weighted by Gasteiger charge is 2.27. The van der Waals surface area contributed by atoms with Crippen LogP contribution in [0.4, 0.5) is 0 Å². The van der Waals surface area contributed by atoms with Gasteiger partial charge in [0.25, 0.3) is 5.91 Å². The standard InChI is InChI=1S/C20H24N4O3/c1-12-5-6-16-14(3)19(26-18(16)13(12)2)20(25)24-9-7-23(8-10-24)11-17-15(4)21-27-22-17/h5-6H,7-11H2,1-4H3. The van der Waals surface area contributed by atoms with Crippen molar-refractivity contribution in [1.82, 2.24) is 20.1 Å². The summed E-state index contributed by atoms with van der Waals surface area (Å²) in [5.41, 5.74) is 5.68. The maximum Gasteiger partial charge on any atom is 0.289 e. The number of furan rings is 1. The number of carbonyl (C=O) groups excluding carboxylic acids is 1. The summed E-state index contributed by atoms with van der Waals surface area (Å²) < 4.78 is 10.8. The Balaban J connectivity index is 1.48. The molecule has 3 heterocycles. The van der Waals surface area contributed by atoms with Crippen molar-refractivity contribution in [2.24, 2.45) is 0 Å². The second kappa shape index (κ2) is 6.81. The third-order valence-electron chi connectivity index (χ3n) is 5.60. The number of aryl methyl sites for hydroxylation is 4. The topological polar surface area (TPSA) is 75.6 Å². The summed E-state index contributed by atoms with van der Waals surface area (Å²) in [6, 6.07) is 4.12. The van der Waals surface area contributed by atoms with Gasteiger partial charge in [-0.3, -0.25) is 9.69 Å². The summed E-state index contributed by atoms with van der Waals surface area (Å²) in [4.78, 5) is 17.2. The number of carbonyl (C=O) groups is 1. The van der Waals surface area contributed by atoms with Gasteiger partial charge in [0.15, 0.2) is 5.76 Å². The molecule has 0 radical (unpaired) electrons. The molecule has 0 unspecified atom stereocenters. The molecule has 1 aliphatic heterocycles. The Morgan fingerprint density at radius 3 is 2.44 bits per heavy atom. The van der Waals surface area contributed by atoms with Gasteiger partial charge in [0.1, 0.15) is 17.0 Å². The zero-order valence-corrected chi connectivity index (χ0v) is 16.2. The lowest BCUT2D eigenvalue weighted by Gasteiger charge is -2.33. The van der Waals surface area contributed by atoms with Crippen molar-refractivity contribution < 1.29 is 13.8 Å². The molecule has 1 saturated heterocycles. The van der Waals surface area contributed by atoms with E-state index >= 15 is 0 Å². The highest BCUT2D eigenvalue weighted by atomic mass is 16.6. The van der Waals surface area contributed by atoms with Crippen LogP contribution in [0.1, 0.15) is 38.6 Å². The van der Waals surface area contributed by atoms with Crippen LogP contribution in [0.3, 0.4) is 0 Å². The van der Waals surface area contributed by atoms with Gasteiger partial charge < -0.3 is 9.32 Å². The van der Waals surface area contributed by atoms with Crippen molar-refractivity contribution in [3.63, 3.8) is 0 Å². The summed E-state index contributed by atoms with van der Waals surface area (Å²) in [6.07, 6.45) is 0. The first kappa shape index (κ1) is 17.7. The number of hydrogen-bond donors (Lipinski definition) is 0. The molecule has 142 valence electrons. The highest BCUT2D eigenvalue weighted by Crippen LogP contribution is 2.30. The number of amides is 1. The summed E-state index contributed by atoms with van der Waals surface area (Å²) >= 11 is 0. The second-order valence-corrected chi connectivity index (χ2v) is 7.31. The van der Waals surface area contributed by atoms with E-state index in [1.807, 2.05) is 31.7 Å². The normalized spacial score (nSPS) is 15.6. The van der Waals surface area contributed by atoms with Crippen molar-refractivity contribution in [1.29, 1.82) is 0 Å². The van der Waals surface area contributed by atoms with Gasteiger partial charge in [-0.1, -0.05) is 22.4 Å². The predicted molar refractivity (Wildman–Crippen MR) is 101 cm³/mol. The average Bonchev–Trinajstić information content (AvgIpc) is 3.22. The van der Waals surface area contributed by atoms with Crippen LogP contribution in [0.2, 0.25) is 0 Å². The Hall–Kier alpha value is -2.67. The first-order valence-corrected chi connectivity index (χ1v) is 9.24. The fourth-order valence-electron chi connectivity index (χ4n) is 3.58. The predicted octanol–water partition coefficient (Wildman–Crippen LogP) is 3.01. The molecule has 4 rings (SSSR count). The first-order valence-electron chi connectivity index (χ1n) is 9.24. The van der Waals surface area contributed by atoms with Crippen LogP contribution in [-0.4, -0.2) is 52.2 Å². The second-order valence-electron chi connectivity index (χ2n) is 7.31. The number of nitrogens with zero attached hydrogens (tertiary/aromatic N) is 4. The molecule has 0 N–H and O–H groups in total. The zero-order chi connectivity index (χ0) is 19.1. The maximum absolute atomic E-state index is 13.0. The molecule has 0 atom stereocenters. The van der Waals surface area contributed by atoms with E-state index in [4.69, 9.17) is 9.05 Å². The number of hydrogen-bond acceptors (Lipinski definition) is 6. The Kier molecular flexibility index (Phi) is 4.47. The minimum absolute atomic E-state index is 0.0281. The largest absolute Gasteiger partial charge is 0.450 e. The molecule has 3 aromatic rings. The molecule has 1 amide bonds. The third kappa shape index (κ3) is 3.12. The number of piperazine rings is 1. The summed E-state index contributed by atoms with van der Waals surface area (Å²) in [5.74, 6) is 0.434. The number of aromatic nitrogens is 2. The van der Waals surface area contributed by atoms with Crippen molar-refractivity contribution in [3.05, 3.63) is 46.0 Å². The zero-order valence-electron chi connectivity index (χ0n) is 16.2. The SMILES string of the molecule is Cc1ccc2c(C)c(C(=O)N3CCN(Cc4nonc4C)CC3)oc2c1C. The molecule has 1 aromatic carbocycles. The molecule has 0 aliphatic carbocycles. The van der Waals surface area contributed by atoms with Crippen molar-refractivity contribution in [2.75, 3.05) is 26.2 Å². The van der Waals surface area contributed by atoms with Crippen LogP contribution in [0.15, 0.2) is 21.2 Å². The van der Waals surface area contributed by atoms with E-state index in [-0.39, 0.29) is 5.91 Å². The van der Waals surface area contributed by atoms with Crippen molar-refractivity contribution in [2.45, 2.75) is 34.2 Å². The van der Waals surface area contributed by atoms with E-state index in [1.54, 1.807) is 0 Å². The molecule has 1 fully saturated rings. The van der Waals surface area contributed by atoms with Crippen LogP contribution in [0.25, 0.3) is 11.0 Å². The molecule has 1 aliphatic rings. The first-order chi connectivity index (χ1) is 13.0. The lowest BCUT2D eigenvalue weighted by molar-refractivity contribution is 0.0596. The van der Waals surface area contributed by atoms with E-state index in [9.17, 15) is 4.79 Å². The average molecular weight is 368 g/mol. The smallest absolute Gasteiger partial charge is 0.289 e. The van der Waals surface area contributed by atoms with Gasteiger partial charge in [-0.15, -0.1) is 0 Å². The molecule has 7 heteroatoms. The van der Waals surface area contributed by atoms with Crippen LogP contribution in [0.5, 0.6) is 0 Å². The number of benzene rings is 1. The Labute approximate surface area is 157 Å². The summed E-state index contributed by atoms with van der Waals surface area (Å²) in [7, 11) is 0. The minimum atomic E-state index is -0.0281. The van der Waals surface area contributed by atoms with Crippen molar-refractivity contribution in [3.8, 4) is 0 Å². The van der Waals surface area contributed by atoms with Crippen LogP contribution < -0.4 is 0 Å². The lowest BCUT2D eigenvalue weighted by Crippen LogP contribution is -2.48. The molecule has 27 heavy (non-hydrogen) atoms. The molecule has 0 spiro atoms. The molecule has 7 nitrogen and oxygen atoms in total. The van der Waals surface area contributed by atoms with Gasteiger partial charge >= 0.3 is 0 Å². The van der Waals surface area contributed by atoms with Gasteiger partial charge in [-0.05, 0) is 38.8 Å². The van der Waals surface area contributed by atoms with Crippen LogP contribution >= 0.6 is 0 Å². The maximum atomic E-state index is 13.0. The Morgan fingerprint density at radius 1 is 1.04 bits per heavy atom. The van der Waals surface area contributed by atoms with Gasteiger partial charge in [-0.2, -0.15) is 0 Å². The van der Waals surface area contributed by atoms with Crippen LogP contribution in [0, 0.1) is 27.7 Å². The van der Waals surface area contributed by atoms with Gasteiger partial charge in [0.2, 0.25) is 0 Å². The van der Waals surface area contributed by atoms with E-state index in [1.165, 1.54) is 5.56 Å². The third-order valence-corrected chi connectivity index (χ3v) is 5.60. The van der Waals surface area contributed by atoms with Crippen molar-refractivity contribution >= 4 is 16.9 Å². The quantitative estimate of drug-likeness (QED) is 0.707. The fourth-order valence-corrected chi connectivity index (χ4v) is 3.58. The van der Waals surface area contributed by atoms with Gasteiger partial charge in [0, 0.05) is 43.7 Å². The van der Waals surface area contributed by atoms with E-state index in [0.717, 1.165) is 46.6 Å².